The van der Waals surface area contributed by atoms with Crippen LogP contribution in [0.25, 0.3) is 11.1 Å². The Morgan fingerprint density at radius 3 is 2.21 bits per heavy atom. The van der Waals surface area contributed by atoms with Crippen molar-refractivity contribution in [3.8, 4) is 11.1 Å². The molecule has 0 radical (unpaired) electrons. The minimum Gasteiger partial charge on any atom is -0.395 e. The fourth-order valence-electron chi connectivity index (χ4n) is 5.45. The molecule has 3 atom stereocenters. The van der Waals surface area contributed by atoms with Crippen LogP contribution in [-0.2, 0) is 10.0 Å². The number of nitrogens with zero attached hydrogens (tertiary/aromatic N) is 2. The van der Waals surface area contributed by atoms with Gasteiger partial charge in [0, 0.05) is 31.1 Å². The summed E-state index contributed by atoms with van der Waals surface area (Å²) in [5.41, 5.74) is 3.34. The zero-order valence-electron chi connectivity index (χ0n) is 18.9. The number of halogens is 1. The van der Waals surface area contributed by atoms with Gasteiger partial charge in [0.15, 0.2) is 0 Å². The molecular weight excluding hydrogens is 451 g/mol. The van der Waals surface area contributed by atoms with E-state index in [4.69, 9.17) is 0 Å². The minimum absolute atomic E-state index is 0.00578. The first-order valence-corrected chi connectivity index (χ1v) is 13.2. The molecule has 34 heavy (non-hydrogen) atoms. The summed E-state index contributed by atoms with van der Waals surface area (Å²) in [7, 11) is -3.96. The largest absolute Gasteiger partial charge is 0.395 e. The van der Waals surface area contributed by atoms with E-state index in [1.807, 2.05) is 18.2 Å². The maximum atomic E-state index is 14.4. The number of sulfonamides is 1. The average Bonchev–Trinajstić information content (AvgIpc) is 2.84. The molecule has 5 nitrogen and oxygen atoms in total. The van der Waals surface area contributed by atoms with E-state index in [1.54, 1.807) is 6.07 Å². The first-order chi connectivity index (χ1) is 16.5. The van der Waals surface area contributed by atoms with E-state index in [1.165, 1.54) is 22.5 Å². The molecule has 2 heterocycles. The number of hydrogen-bond acceptors (Lipinski definition) is 4. The number of rotatable bonds is 5. The summed E-state index contributed by atoms with van der Waals surface area (Å²) in [4.78, 5) is 1.95. The van der Waals surface area contributed by atoms with Gasteiger partial charge in [-0.05, 0) is 48.2 Å². The number of fused-ring (bicyclic) bond motifs is 1. The van der Waals surface area contributed by atoms with Crippen LogP contribution >= 0.6 is 0 Å². The predicted molar refractivity (Wildman–Crippen MR) is 130 cm³/mol. The fourth-order valence-corrected chi connectivity index (χ4v) is 7.01. The third-order valence-corrected chi connectivity index (χ3v) is 9.09. The van der Waals surface area contributed by atoms with Gasteiger partial charge in [0.05, 0.1) is 6.61 Å². The smallest absolute Gasteiger partial charge is 0.246 e. The SMILES string of the molecule is O=S(=O)(c1ccccc1F)N1CCCCN2[C@H](CO)[C@@H](c3ccc(-c4ccccc4)cc3)[C@@H]2C1. The van der Waals surface area contributed by atoms with E-state index in [0.29, 0.717) is 13.0 Å². The maximum Gasteiger partial charge on any atom is 0.246 e. The zero-order chi connectivity index (χ0) is 23.7. The van der Waals surface area contributed by atoms with Gasteiger partial charge in [-0.2, -0.15) is 4.31 Å². The molecule has 0 unspecified atom stereocenters. The summed E-state index contributed by atoms with van der Waals surface area (Å²) in [6.45, 7) is 1.48. The third-order valence-electron chi connectivity index (χ3n) is 7.19. The highest BCUT2D eigenvalue weighted by atomic mass is 32.2. The molecule has 0 amide bonds. The molecule has 3 aromatic carbocycles. The Hall–Kier alpha value is -2.58. The Morgan fingerprint density at radius 2 is 1.50 bits per heavy atom. The second kappa shape index (κ2) is 9.58. The quantitative estimate of drug-likeness (QED) is 0.597. The highest BCUT2D eigenvalue weighted by molar-refractivity contribution is 7.89. The average molecular weight is 481 g/mol. The second-order valence-corrected chi connectivity index (χ2v) is 11.0. The molecule has 1 N–H and O–H groups in total. The van der Waals surface area contributed by atoms with E-state index in [9.17, 15) is 17.9 Å². The van der Waals surface area contributed by atoms with Crippen LogP contribution in [0.15, 0.2) is 83.8 Å². The van der Waals surface area contributed by atoms with Crippen molar-refractivity contribution < 1.29 is 17.9 Å². The zero-order valence-corrected chi connectivity index (χ0v) is 19.7. The van der Waals surface area contributed by atoms with Crippen molar-refractivity contribution in [2.24, 2.45) is 0 Å². The van der Waals surface area contributed by atoms with Gasteiger partial charge in [-0.3, -0.25) is 4.90 Å². The molecule has 0 aliphatic carbocycles. The van der Waals surface area contributed by atoms with Gasteiger partial charge in [0.2, 0.25) is 10.0 Å². The lowest BCUT2D eigenvalue weighted by molar-refractivity contribution is -0.0554. The summed E-state index contributed by atoms with van der Waals surface area (Å²) < 4.78 is 42.6. The van der Waals surface area contributed by atoms with Crippen molar-refractivity contribution in [3.63, 3.8) is 0 Å². The van der Waals surface area contributed by atoms with E-state index >= 15 is 0 Å². The molecule has 3 aromatic rings. The predicted octanol–water partition coefficient (Wildman–Crippen LogP) is 4.11. The first-order valence-electron chi connectivity index (χ1n) is 11.8. The van der Waals surface area contributed by atoms with Crippen LogP contribution in [0, 0.1) is 5.82 Å². The fraction of sp³-hybridized carbons (Fsp3) is 0.333. The third kappa shape index (κ3) is 4.18. The summed E-state index contributed by atoms with van der Waals surface area (Å²) in [5, 5.41) is 10.2. The lowest BCUT2D eigenvalue weighted by Crippen LogP contribution is -2.67. The van der Waals surface area contributed by atoms with Crippen LogP contribution in [0.2, 0.25) is 0 Å². The van der Waals surface area contributed by atoms with Crippen LogP contribution in [-0.4, -0.2) is 61.1 Å². The van der Waals surface area contributed by atoms with Gasteiger partial charge < -0.3 is 5.11 Å². The van der Waals surface area contributed by atoms with Crippen molar-refractivity contribution in [1.82, 2.24) is 9.21 Å². The molecule has 0 aromatic heterocycles. The molecule has 2 aliphatic heterocycles. The topological polar surface area (TPSA) is 60.9 Å². The molecule has 178 valence electrons. The van der Waals surface area contributed by atoms with E-state index in [2.05, 4.69) is 41.3 Å². The Labute approximate surface area is 200 Å². The van der Waals surface area contributed by atoms with Crippen molar-refractivity contribution in [2.75, 3.05) is 26.2 Å². The number of hydrogen-bond donors (Lipinski definition) is 1. The highest BCUT2D eigenvalue weighted by Crippen LogP contribution is 2.43. The Kier molecular flexibility index (Phi) is 6.53. The lowest BCUT2D eigenvalue weighted by Gasteiger charge is -2.57. The lowest BCUT2D eigenvalue weighted by atomic mass is 9.74. The first kappa shape index (κ1) is 23.2. The minimum atomic E-state index is -3.96. The molecule has 0 spiro atoms. The van der Waals surface area contributed by atoms with Crippen LogP contribution in [0.5, 0.6) is 0 Å². The number of benzene rings is 3. The van der Waals surface area contributed by atoms with E-state index < -0.39 is 15.8 Å². The van der Waals surface area contributed by atoms with Crippen molar-refractivity contribution in [2.45, 2.75) is 35.7 Å². The van der Waals surface area contributed by atoms with E-state index in [-0.39, 0.29) is 36.0 Å². The molecule has 5 rings (SSSR count). The van der Waals surface area contributed by atoms with Crippen LogP contribution in [0.4, 0.5) is 4.39 Å². The molecule has 2 aliphatic rings. The van der Waals surface area contributed by atoms with Gasteiger partial charge in [0.25, 0.3) is 0 Å². The van der Waals surface area contributed by atoms with Crippen LogP contribution in [0.1, 0.15) is 24.3 Å². The second-order valence-electron chi connectivity index (χ2n) is 9.07. The summed E-state index contributed by atoms with van der Waals surface area (Å²) in [5.74, 6) is -0.720. The van der Waals surface area contributed by atoms with Gasteiger partial charge in [-0.1, -0.05) is 66.7 Å². The summed E-state index contributed by atoms with van der Waals surface area (Å²) in [6, 6.07) is 23.9. The Morgan fingerprint density at radius 1 is 0.853 bits per heavy atom. The maximum absolute atomic E-state index is 14.4. The van der Waals surface area contributed by atoms with Crippen LogP contribution in [0.3, 0.4) is 0 Å². The van der Waals surface area contributed by atoms with E-state index in [0.717, 1.165) is 29.7 Å². The number of aliphatic hydroxyl groups is 1. The molecule has 0 saturated carbocycles. The molecule has 0 bridgehead atoms. The number of aliphatic hydroxyl groups excluding tert-OH is 1. The van der Waals surface area contributed by atoms with Gasteiger partial charge in [-0.25, -0.2) is 12.8 Å². The van der Waals surface area contributed by atoms with Gasteiger partial charge in [0.1, 0.15) is 10.7 Å². The molecular formula is C27H29FN2O3S. The molecule has 2 saturated heterocycles. The highest BCUT2D eigenvalue weighted by Gasteiger charge is 2.50. The monoisotopic (exact) mass is 480 g/mol. The molecule has 7 heteroatoms. The Balaban J connectivity index is 1.44. The Bertz CT molecular complexity index is 1230. The van der Waals surface area contributed by atoms with Crippen molar-refractivity contribution in [1.29, 1.82) is 0 Å². The van der Waals surface area contributed by atoms with Gasteiger partial charge in [-0.15, -0.1) is 0 Å². The normalized spacial score (nSPS) is 24.0. The molecule has 2 fully saturated rings. The van der Waals surface area contributed by atoms with Crippen molar-refractivity contribution in [3.05, 3.63) is 90.2 Å². The van der Waals surface area contributed by atoms with Crippen LogP contribution < -0.4 is 0 Å². The summed E-state index contributed by atoms with van der Waals surface area (Å²) in [6.07, 6.45) is 1.53. The standard InChI is InChI=1S/C27H29FN2O3S/c28-23-10-4-5-11-26(23)34(32,33)29-16-6-7-17-30-24(18-29)27(25(30)19-31)22-14-12-21(13-15-22)20-8-2-1-3-9-20/h1-5,8-15,24-25,27,31H,6-7,16-19H2/t24-,25+,27-/m0/s1. The van der Waals surface area contributed by atoms with Crippen molar-refractivity contribution >= 4 is 10.0 Å². The van der Waals surface area contributed by atoms with Gasteiger partial charge >= 0.3 is 0 Å². The summed E-state index contributed by atoms with van der Waals surface area (Å²) >= 11 is 0.